The lowest BCUT2D eigenvalue weighted by atomic mass is 10.2. The molecule has 0 aliphatic rings. The molecule has 0 saturated heterocycles. The fourth-order valence-corrected chi connectivity index (χ4v) is 3.55. The number of aryl methyl sites for hydroxylation is 1. The zero-order chi connectivity index (χ0) is 19.9. The predicted molar refractivity (Wildman–Crippen MR) is 111 cm³/mol. The fraction of sp³-hybridized carbons (Fsp3) is 0.238. The molecule has 0 atom stereocenters. The van der Waals surface area contributed by atoms with Crippen molar-refractivity contribution in [3.05, 3.63) is 60.2 Å². The molecule has 1 amide bonds. The third-order valence-electron chi connectivity index (χ3n) is 4.29. The molecule has 0 spiro atoms. The van der Waals surface area contributed by atoms with Gasteiger partial charge in [-0.2, -0.15) is 5.26 Å². The summed E-state index contributed by atoms with van der Waals surface area (Å²) in [6.45, 7) is 2.37. The molecule has 0 unspecified atom stereocenters. The predicted octanol–water partition coefficient (Wildman–Crippen LogP) is 3.83. The van der Waals surface area contributed by atoms with Gasteiger partial charge in [-0.15, -0.1) is 10.2 Å². The SMILES string of the molecule is Cc1ccc(N(CCC#N)C(=O)CSc2nnc(-c3ccccc3)n2C)cc1. The number of hydrogen-bond donors (Lipinski definition) is 0. The van der Waals surface area contributed by atoms with Gasteiger partial charge in [0.2, 0.25) is 5.91 Å². The van der Waals surface area contributed by atoms with Crippen LogP contribution in [0, 0.1) is 18.3 Å². The van der Waals surface area contributed by atoms with Gasteiger partial charge in [-0.25, -0.2) is 0 Å². The zero-order valence-corrected chi connectivity index (χ0v) is 16.7. The van der Waals surface area contributed by atoms with E-state index in [1.165, 1.54) is 11.8 Å². The average molecular weight is 392 g/mol. The Morgan fingerprint density at radius 2 is 1.86 bits per heavy atom. The van der Waals surface area contributed by atoms with E-state index in [4.69, 9.17) is 5.26 Å². The molecule has 1 heterocycles. The monoisotopic (exact) mass is 391 g/mol. The molecule has 0 aliphatic heterocycles. The lowest BCUT2D eigenvalue weighted by Gasteiger charge is -2.21. The molecule has 3 rings (SSSR count). The summed E-state index contributed by atoms with van der Waals surface area (Å²) in [7, 11) is 1.89. The second-order valence-corrected chi connectivity index (χ2v) is 7.25. The topological polar surface area (TPSA) is 74.8 Å². The number of amides is 1. The molecule has 142 valence electrons. The van der Waals surface area contributed by atoms with Crippen molar-refractivity contribution in [3.8, 4) is 17.5 Å². The van der Waals surface area contributed by atoms with Crippen LogP contribution >= 0.6 is 11.8 Å². The van der Waals surface area contributed by atoms with Crippen molar-refractivity contribution < 1.29 is 4.79 Å². The Balaban J connectivity index is 1.72. The summed E-state index contributed by atoms with van der Waals surface area (Å²) in [5, 5.41) is 18.1. The maximum atomic E-state index is 12.8. The van der Waals surface area contributed by atoms with Gasteiger partial charge in [0.05, 0.1) is 18.2 Å². The van der Waals surface area contributed by atoms with E-state index in [0.29, 0.717) is 11.7 Å². The Morgan fingerprint density at radius 1 is 1.14 bits per heavy atom. The van der Waals surface area contributed by atoms with E-state index >= 15 is 0 Å². The van der Waals surface area contributed by atoms with E-state index in [2.05, 4.69) is 16.3 Å². The summed E-state index contributed by atoms with van der Waals surface area (Å²) in [5.41, 5.74) is 2.90. The molecule has 6 nitrogen and oxygen atoms in total. The average Bonchev–Trinajstić information content (AvgIpc) is 3.09. The summed E-state index contributed by atoms with van der Waals surface area (Å²) < 4.78 is 1.89. The first-order chi connectivity index (χ1) is 13.6. The van der Waals surface area contributed by atoms with Gasteiger partial charge in [0.25, 0.3) is 0 Å². The van der Waals surface area contributed by atoms with Crippen LogP contribution in [-0.2, 0) is 11.8 Å². The van der Waals surface area contributed by atoms with Crippen LogP contribution in [0.4, 0.5) is 5.69 Å². The highest BCUT2D eigenvalue weighted by Gasteiger charge is 2.18. The highest BCUT2D eigenvalue weighted by atomic mass is 32.2. The lowest BCUT2D eigenvalue weighted by molar-refractivity contribution is -0.116. The number of nitriles is 1. The first kappa shape index (κ1) is 19.6. The van der Waals surface area contributed by atoms with Crippen molar-refractivity contribution >= 4 is 23.4 Å². The van der Waals surface area contributed by atoms with E-state index < -0.39 is 0 Å². The molecule has 0 saturated carbocycles. The Hall–Kier alpha value is -3.11. The van der Waals surface area contributed by atoms with Crippen molar-refractivity contribution in [1.82, 2.24) is 14.8 Å². The summed E-state index contributed by atoms with van der Waals surface area (Å²) in [5.74, 6) is 0.920. The van der Waals surface area contributed by atoms with Gasteiger partial charge in [-0.1, -0.05) is 59.8 Å². The lowest BCUT2D eigenvalue weighted by Crippen LogP contribution is -2.33. The number of anilines is 1. The van der Waals surface area contributed by atoms with E-state index in [-0.39, 0.29) is 18.1 Å². The van der Waals surface area contributed by atoms with Crippen molar-refractivity contribution in [1.29, 1.82) is 5.26 Å². The highest BCUT2D eigenvalue weighted by molar-refractivity contribution is 7.99. The Kier molecular flexibility index (Phi) is 6.45. The van der Waals surface area contributed by atoms with Crippen LogP contribution in [0.1, 0.15) is 12.0 Å². The molecule has 0 radical (unpaired) electrons. The van der Waals surface area contributed by atoms with E-state index in [9.17, 15) is 4.79 Å². The standard InChI is InChI=1S/C21H21N5OS/c1-16-9-11-18(12-10-16)26(14-6-13-22)19(27)15-28-21-24-23-20(25(21)2)17-7-4-3-5-8-17/h3-5,7-12H,6,14-15H2,1-2H3. The van der Waals surface area contributed by atoms with E-state index in [0.717, 1.165) is 22.6 Å². The van der Waals surface area contributed by atoms with Crippen LogP contribution in [0.5, 0.6) is 0 Å². The minimum Gasteiger partial charge on any atom is -0.311 e. The molecule has 2 aromatic carbocycles. The largest absolute Gasteiger partial charge is 0.311 e. The Labute approximate surface area is 168 Å². The molecular formula is C21H21N5OS. The minimum atomic E-state index is -0.0617. The Bertz CT molecular complexity index is 976. The molecule has 3 aromatic rings. The molecule has 7 heteroatoms. The van der Waals surface area contributed by atoms with Gasteiger partial charge < -0.3 is 9.47 Å². The van der Waals surface area contributed by atoms with Crippen LogP contribution in [0.25, 0.3) is 11.4 Å². The summed E-state index contributed by atoms with van der Waals surface area (Å²) in [4.78, 5) is 14.5. The van der Waals surface area contributed by atoms with Crippen molar-refractivity contribution in [2.75, 3.05) is 17.2 Å². The summed E-state index contributed by atoms with van der Waals surface area (Å²) >= 11 is 1.35. The molecule has 0 N–H and O–H groups in total. The molecule has 0 fully saturated rings. The maximum absolute atomic E-state index is 12.8. The molecule has 1 aromatic heterocycles. The van der Waals surface area contributed by atoms with Crippen LogP contribution in [0.2, 0.25) is 0 Å². The number of thioether (sulfide) groups is 1. The number of nitrogens with zero attached hydrogens (tertiary/aromatic N) is 5. The number of carbonyl (C=O) groups is 1. The smallest absolute Gasteiger partial charge is 0.237 e. The van der Waals surface area contributed by atoms with Crippen LogP contribution in [-0.4, -0.2) is 33.0 Å². The number of carbonyl (C=O) groups excluding carboxylic acids is 1. The van der Waals surface area contributed by atoms with Crippen molar-refractivity contribution in [2.24, 2.45) is 7.05 Å². The van der Waals surface area contributed by atoms with E-state index in [1.807, 2.05) is 73.1 Å². The van der Waals surface area contributed by atoms with Crippen molar-refractivity contribution in [3.63, 3.8) is 0 Å². The second kappa shape index (κ2) is 9.20. The third kappa shape index (κ3) is 4.59. The van der Waals surface area contributed by atoms with Gasteiger partial charge in [-0.3, -0.25) is 4.79 Å². The molecule has 0 aliphatic carbocycles. The van der Waals surface area contributed by atoms with Gasteiger partial charge >= 0.3 is 0 Å². The minimum absolute atomic E-state index is 0.0617. The fourth-order valence-electron chi connectivity index (χ4n) is 2.77. The second-order valence-electron chi connectivity index (χ2n) is 6.31. The van der Waals surface area contributed by atoms with Gasteiger partial charge in [-0.05, 0) is 19.1 Å². The van der Waals surface area contributed by atoms with E-state index in [1.54, 1.807) is 4.90 Å². The third-order valence-corrected chi connectivity index (χ3v) is 5.29. The quantitative estimate of drug-likeness (QED) is 0.572. The summed E-state index contributed by atoms with van der Waals surface area (Å²) in [6.07, 6.45) is 0.284. The van der Waals surface area contributed by atoms with Crippen LogP contribution in [0.3, 0.4) is 0 Å². The number of rotatable bonds is 7. The van der Waals surface area contributed by atoms with Gasteiger partial charge in [0, 0.05) is 24.8 Å². The first-order valence-corrected chi connectivity index (χ1v) is 9.90. The zero-order valence-electron chi connectivity index (χ0n) is 15.9. The number of benzene rings is 2. The number of aromatic nitrogens is 3. The van der Waals surface area contributed by atoms with Crippen LogP contribution < -0.4 is 4.90 Å². The normalized spacial score (nSPS) is 10.5. The maximum Gasteiger partial charge on any atom is 0.237 e. The number of hydrogen-bond acceptors (Lipinski definition) is 5. The molecule has 28 heavy (non-hydrogen) atoms. The van der Waals surface area contributed by atoms with Crippen LogP contribution in [0.15, 0.2) is 59.8 Å². The van der Waals surface area contributed by atoms with Gasteiger partial charge in [0.15, 0.2) is 11.0 Å². The van der Waals surface area contributed by atoms with Crippen molar-refractivity contribution in [2.45, 2.75) is 18.5 Å². The summed E-state index contributed by atoms with van der Waals surface area (Å²) in [6, 6.07) is 19.7. The van der Waals surface area contributed by atoms with Gasteiger partial charge in [0.1, 0.15) is 0 Å². The first-order valence-electron chi connectivity index (χ1n) is 8.91. The Morgan fingerprint density at radius 3 is 2.54 bits per heavy atom. The highest BCUT2D eigenvalue weighted by Crippen LogP contribution is 2.24. The molecular weight excluding hydrogens is 370 g/mol. The molecule has 0 bridgehead atoms.